The first-order valence-corrected chi connectivity index (χ1v) is 6.48. The molecule has 0 spiro atoms. The molecule has 0 aromatic heterocycles. The summed E-state index contributed by atoms with van der Waals surface area (Å²) >= 11 is 0. The monoisotopic (exact) mass is 273 g/mol. The molecule has 0 aromatic rings. The molecule has 6 nitrogen and oxygen atoms in total. The predicted molar refractivity (Wildman–Crippen MR) is 68.6 cm³/mol. The van der Waals surface area contributed by atoms with Crippen molar-refractivity contribution in [1.82, 2.24) is 4.90 Å². The number of likely N-dealkylation sites (tertiary alicyclic amines) is 1. The van der Waals surface area contributed by atoms with Crippen molar-refractivity contribution in [2.45, 2.75) is 45.8 Å². The summed E-state index contributed by atoms with van der Waals surface area (Å²) < 4.78 is 10.2. The van der Waals surface area contributed by atoms with Crippen LogP contribution in [0.25, 0.3) is 0 Å². The molecule has 1 rings (SSSR count). The van der Waals surface area contributed by atoms with E-state index >= 15 is 0 Å². The van der Waals surface area contributed by atoms with Gasteiger partial charge in [-0.05, 0) is 27.2 Å². The molecular weight excluding hydrogens is 250 g/mol. The lowest BCUT2D eigenvalue weighted by Crippen LogP contribution is -2.49. The van der Waals surface area contributed by atoms with Gasteiger partial charge < -0.3 is 19.5 Å². The number of aliphatic hydroxyl groups is 1. The zero-order chi connectivity index (χ0) is 14.6. The second-order valence-electron chi connectivity index (χ2n) is 5.85. The SMILES string of the molecule is CC(=O)OC[C@H]1CN(C(=O)OC(C)(C)C)CC[C@@H]1O. The Morgan fingerprint density at radius 2 is 2.00 bits per heavy atom. The van der Waals surface area contributed by atoms with Gasteiger partial charge in [0.2, 0.25) is 0 Å². The highest BCUT2D eigenvalue weighted by molar-refractivity contribution is 5.68. The molecule has 1 amide bonds. The molecule has 1 aliphatic rings. The maximum Gasteiger partial charge on any atom is 0.410 e. The number of carbonyl (C=O) groups excluding carboxylic acids is 2. The Balaban J connectivity index is 2.53. The average molecular weight is 273 g/mol. The van der Waals surface area contributed by atoms with Crippen molar-refractivity contribution < 1.29 is 24.2 Å². The van der Waals surface area contributed by atoms with Crippen molar-refractivity contribution in [3.63, 3.8) is 0 Å². The summed E-state index contributed by atoms with van der Waals surface area (Å²) in [6, 6.07) is 0. The van der Waals surface area contributed by atoms with Crippen LogP contribution in [0.15, 0.2) is 0 Å². The lowest BCUT2D eigenvalue weighted by atomic mass is 9.96. The van der Waals surface area contributed by atoms with E-state index < -0.39 is 17.8 Å². The molecule has 110 valence electrons. The maximum absolute atomic E-state index is 11.9. The van der Waals surface area contributed by atoms with Gasteiger partial charge in [0.1, 0.15) is 5.60 Å². The van der Waals surface area contributed by atoms with Crippen LogP contribution in [0.1, 0.15) is 34.1 Å². The minimum atomic E-state index is -0.557. The van der Waals surface area contributed by atoms with Gasteiger partial charge in [0.25, 0.3) is 0 Å². The summed E-state index contributed by atoms with van der Waals surface area (Å²) in [5.41, 5.74) is -0.543. The third-order valence-electron chi connectivity index (χ3n) is 2.85. The van der Waals surface area contributed by atoms with Crippen LogP contribution in [-0.2, 0) is 14.3 Å². The number of piperidine rings is 1. The van der Waals surface area contributed by atoms with Crippen molar-refractivity contribution in [1.29, 1.82) is 0 Å². The summed E-state index contributed by atoms with van der Waals surface area (Å²) in [7, 11) is 0. The molecule has 0 aromatic carbocycles. The Hall–Kier alpha value is -1.30. The Morgan fingerprint density at radius 1 is 1.37 bits per heavy atom. The van der Waals surface area contributed by atoms with Gasteiger partial charge in [-0.15, -0.1) is 0 Å². The molecule has 2 atom stereocenters. The molecule has 1 aliphatic heterocycles. The van der Waals surface area contributed by atoms with Crippen LogP contribution in [0.3, 0.4) is 0 Å². The van der Waals surface area contributed by atoms with E-state index in [0.717, 1.165) is 0 Å². The van der Waals surface area contributed by atoms with E-state index in [9.17, 15) is 14.7 Å². The minimum absolute atomic E-state index is 0.121. The van der Waals surface area contributed by atoms with E-state index in [2.05, 4.69) is 0 Å². The molecule has 0 bridgehead atoms. The topological polar surface area (TPSA) is 76.1 Å². The first-order chi connectivity index (χ1) is 8.69. The van der Waals surface area contributed by atoms with Gasteiger partial charge in [0, 0.05) is 25.9 Å². The van der Waals surface area contributed by atoms with E-state index in [0.29, 0.717) is 19.5 Å². The fourth-order valence-corrected chi connectivity index (χ4v) is 1.90. The van der Waals surface area contributed by atoms with Gasteiger partial charge >= 0.3 is 12.1 Å². The first kappa shape index (κ1) is 15.8. The van der Waals surface area contributed by atoms with Gasteiger partial charge in [-0.1, -0.05) is 0 Å². The maximum atomic E-state index is 11.9. The Labute approximate surface area is 113 Å². The Kier molecular flexibility index (Phi) is 5.17. The smallest absolute Gasteiger partial charge is 0.410 e. The number of amides is 1. The van der Waals surface area contributed by atoms with Crippen molar-refractivity contribution in [3.8, 4) is 0 Å². The number of carbonyl (C=O) groups is 2. The lowest BCUT2D eigenvalue weighted by molar-refractivity contribution is -0.144. The van der Waals surface area contributed by atoms with Crippen LogP contribution < -0.4 is 0 Å². The van der Waals surface area contributed by atoms with Crippen molar-refractivity contribution in [2.75, 3.05) is 19.7 Å². The molecule has 1 N–H and O–H groups in total. The van der Waals surface area contributed by atoms with Crippen LogP contribution in [0.5, 0.6) is 0 Å². The second kappa shape index (κ2) is 6.23. The molecule has 0 saturated carbocycles. The van der Waals surface area contributed by atoms with E-state index in [1.165, 1.54) is 6.92 Å². The van der Waals surface area contributed by atoms with Gasteiger partial charge in [0.05, 0.1) is 12.7 Å². The number of nitrogens with zero attached hydrogens (tertiary/aromatic N) is 1. The minimum Gasteiger partial charge on any atom is -0.465 e. The highest BCUT2D eigenvalue weighted by atomic mass is 16.6. The molecule has 0 unspecified atom stereocenters. The van der Waals surface area contributed by atoms with Crippen LogP contribution in [0.4, 0.5) is 4.79 Å². The molecule has 0 radical (unpaired) electrons. The Morgan fingerprint density at radius 3 is 2.53 bits per heavy atom. The third-order valence-corrected chi connectivity index (χ3v) is 2.85. The standard InChI is InChI=1S/C13H23NO5/c1-9(15)18-8-10-7-14(6-5-11(10)16)12(17)19-13(2,3)4/h10-11,16H,5-8H2,1-4H3/t10-,11+/m1/s1. The zero-order valence-corrected chi connectivity index (χ0v) is 12.0. The zero-order valence-electron chi connectivity index (χ0n) is 12.0. The summed E-state index contributed by atoms with van der Waals surface area (Å²) in [4.78, 5) is 24.3. The van der Waals surface area contributed by atoms with Crippen LogP contribution in [0.2, 0.25) is 0 Å². The van der Waals surface area contributed by atoms with E-state index in [4.69, 9.17) is 9.47 Å². The quantitative estimate of drug-likeness (QED) is 0.764. The van der Waals surface area contributed by atoms with E-state index in [1.54, 1.807) is 25.7 Å². The number of ether oxygens (including phenoxy) is 2. The number of esters is 1. The van der Waals surface area contributed by atoms with Gasteiger partial charge in [-0.3, -0.25) is 4.79 Å². The fraction of sp³-hybridized carbons (Fsp3) is 0.846. The highest BCUT2D eigenvalue weighted by Crippen LogP contribution is 2.20. The van der Waals surface area contributed by atoms with Crippen molar-refractivity contribution in [2.24, 2.45) is 5.92 Å². The van der Waals surface area contributed by atoms with Gasteiger partial charge in [-0.2, -0.15) is 0 Å². The largest absolute Gasteiger partial charge is 0.465 e. The highest BCUT2D eigenvalue weighted by Gasteiger charge is 2.33. The van der Waals surface area contributed by atoms with E-state index in [1.807, 2.05) is 0 Å². The molecular formula is C13H23NO5. The molecule has 1 heterocycles. The summed E-state index contributed by atoms with van der Waals surface area (Å²) in [6.07, 6.45) is -0.490. The third kappa shape index (κ3) is 5.46. The van der Waals surface area contributed by atoms with Crippen LogP contribution >= 0.6 is 0 Å². The van der Waals surface area contributed by atoms with Crippen molar-refractivity contribution in [3.05, 3.63) is 0 Å². The summed E-state index contributed by atoms with van der Waals surface area (Å²) in [5, 5.41) is 9.84. The molecule has 1 fully saturated rings. The fourth-order valence-electron chi connectivity index (χ4n) is 1.90. The second-order valence-corrected chi connectivity index (χ2v) is 5.85. The summed E-state index contributed by atoms with van der Waals surface area (Å²) in [5.74, 6) is -0.647. The molecule has 0 aliphatic carbocycles. The normalized spacial score (nSPS) is 23.9. The molecule has 1 saturated heterocycles. The molecule has 6 heteroatoms. The average Bonchev–Trinajstić information content (AvgIpc) is 2.25. The lowest BCUT2D eigenvalue weighted by Gasteiger charge is -2.36. The summed E-state index contributed by atoms with van der Waals surface area (Å²) in [6.45, 7) is 7.65. The predicted octanol–water partition coefficient (Wildman–Crippen LogP) is 1.17. The first-order valence-electron chi connectivity index (χ1n) is 6.48. The molecule has 19 heavy (non-hydrogen) atoms. The Bertz CT molecular complexity index is 336. The number of rotatable bonds is 2. The van der Waals surface area contributed by atoms with Gasteiger partial charge in [-0.25, -0.2) is 4.79 Å². The van der Waals surface area contributed by atoms with Gasteiger partial charge in [0.15, 0.2) is 0 Å². The number of aliphatic hydroxyl groups excluding tert-OH is 1. The number of hydrogen-bond donors (Lipinski definition) is 1. The van der Waals surface area contributed by atoms with Crippen molar-refractivity contribution >= 4 is 12.1 Å². The van der Waals surface area contributed by atoms with Crippen LogP contribution in [-0.4, -0.2) is 53.5 Å². The van der Waals surface area contributed by atoms with Crippen LogP contribution in [0, 0.1) is 5.92 Å². The van der Waals surface area contributed by atoms with E-state index in [-0.39, 0.29) is 18.5 Å². The number of hydrogen-bond acceptors (Lipinski definition) is 5.